The molecule has 3 rings (SSSR count). The summed E-state index contributed by atoms with van der Waals surface area (Å²) >= 11 is 6.26. The molecule has 0 spiro atoms. The first kappa shape index (κ1) is 13.4. The van der Waals surface area contributed by atoms with E-state index in [0.717, 1.165) is 12.0 Å². The molecule has 1 heterocycles. The zero-order valence-electron chi connectivity index (χ0n) is 11.6. The van der Waals surface area contributed by atoms with Crippen LogP contribution in [0.5, 0.6) is 0 Å². The van der Waals surface area contributed by atoms with Crippen molar-refractivity contribution < 1.29 is 4.39 Å². The first-order valence-electron chi connectivity index (χ1n) is 7.30. The molecule has 1 aromatic rings. The van der Waals surface area contributed by atoms with Gasteiger partial charge in [0, 0.05) is 12.0 Å². The zero-order chi connectivity index (χ0) is 13.6. The molecule has 3 heteroatoms. The molecule has 0 aromatic heterocycles. The minimum atomic E-state index is -0.270. The summed E-state index contributed by atoms with van der Waals surface area (Å²) in [5.74, 6) is 0.593. The van der Waals surface area contributed by atoms with Crippen molar-refractivity contribution in [2.24, 2.45) is 5.92 Å². The Hall–Kier alpha value is -0.600. The fourth-order valence-corrected chi connectivity index (χ4v) is 4.21. The van der Waals surface area contributed by atoms with E-state index in [1.807, 2.05) is 6.07 Å². The summed E-state index contributed by atoms with van der Waals surface area (Å²) in [6.07, 6.45) is 3.61. The average Bonchev–Trinajstić information content (AvgIpc) is 2.99. The molecule has 1 aromatic carbocycles. The van der Waals surface area contributed by atoms with Gasteiger partial charge in [-0.1, -0.05) is 31.5 Å². The predicted molar refractivity (Wildman–Crippen MR) is 77.3 cm³/mol. The van der Waals surface area contributed by atoms with E-state index in [1.165, 1.54) is 37.6 Å². The van der Waals surface area contributed by atoms with E-state index in [1.54, 1.807) is 0 Å². The Bertz CT molecular complexity index is 480. The van der Waals surface area contributed by atoms with E-state index in [9.17, 15) is 4.39 Å². The third-order valence-electron chi connectivity index (χ3n) is 4.73. The van der Waals surface area contributed by atoms with E-state index in [4.69, 9.17) is 11.6 Å². The molecule has 1 saturated heterocycles. The summed E-state index contributed by atoms with van der Waals surface area (Å²) in [7, 11) is 0. The maximum atomic E-state index is 13.8. The topological polar surface area (TPSA) is 3.24 Å². The fourth-order valence-electron chi connectivity index (χ4n) is 3.90. The molecule has 0 saturated carbocycles. The number of likely N-dealkylation sites (tertiary alicyclic amines) is 1. The molecule has 0 N–H and O–H groups in total. The van der Waals surface area contributed by atoms with Crippen LogP contribution in [0.4, 0.5) is 4.39 Å². The Morgan fingerprint density at radius 3 is 2.58 bits per heavy atom. The van der Waals surface area contributed by atoms with Crippen molar-refractivity contribution >= 4 is 11.6 Å². The highest BCUT2D eigenvalue weighted by atomic mass is 35.5. The van der Waals surface area contributed by atoms with Crippen molar-refractivity contribution in [3.63, 3.8) is 0 Å². The van der Waals surface area contributed by atoms with Gasteiger partial charge in [-0.15, -0.1) is 0 Å². The van der Waals surface area contributed by atoms with E-state index in [-0.39, 0.29) is 5.82 Å². The van der Waals surface area contributed by atoms with Gasteiger partial charge in [0.05, 0.1) is 5.02 Å². The van der Waals surface area contributed by atoms with E-state index < -0.39 is 0 Å². The number of hydrogen-bond donors (Lipinski definition) is 0. The van der Waals surface area contributed by atoms with E-state index in [0.29, 0.717) is 22.9 Å². The number of fused-ring (bicyclic) bond motifs is 1. The summed E-state index contributed by atoms with van der Waals surface area (Å²) < 4.78 is 13.8. The van der Waals surface area contributed by atoms with Gasteiger partial charge >= 0.3 is 0 Å². The van der Waals surface area contributed by atoms with Crippen LogP contribution in [0.15, 0.2) is 12.1 Å². The van der Waals surface area contributed by atoms with Gasteiger partial charge in [0.2, 0.25) is 0 Å². The monoisotopic (exact) mass is 281 g/mol. The second-order valence-electron chi connectivity index (χ2n) is 6.22. The second-order valence-corrected chi connectivity index (χ2v) is 6.60. The highest BCUT2D eigenvalue weighted by Crippen LogP contribution is 2.45. The quantitative estimate of drug-likeness (QED) is 0.784. The summed E-state index contributed by atoms with van der Waals surface area (Å²) in [6.45, 7) is 6.82. The molecule has 0 amide bonds. The highest BCUT2D eigenvalue weighted by molar-refractivity contribution is 6.31. The molecule has 0 radical (unpaired) electrons. The summed E-state index contributed by atoms with van der Waals surface area (Å²) in [5, 5.41) is 0.359. The maximum Gasteiger partial charge on any atom is 0.142 e. The lowest BCUT2D eigenvalue weighted by molar-refractivity contribution is 0.197. The maximum absolute atomic E-state index is 13.8. The summed E-state index contributed by atoms with van der Waals surface area (Å²) in [4.78, 5) is 2.58. The first-order valence-corrected chi connectivity index (χ1v) is 7.68. The van der Waals surface area contributed by atoms with Gasteiger partial charge < -0.3 is 0 Å². The Kier molecular flexibility index (Phi) is 3.57. The van der Waals surface area contributed by atoms with Crippen LogP contribution in [0.2, 0.25) is 5.02 Å². The van der Waals surface area contributed by atoms with Gasteiger partial charge in [0.1, 0.15) is 5.82 Å². The third-order valence-corrected chi connectivity index (χ3v) is 5.11. The smallest absolute Gasteiger partial charge is 0.142 e. The number of rotatable bonds is 2. The molecule has 2 aliphatic rings. The van der Waals surface area contributed by atoms with Crippen LogP contribution in [0.3, 0.4) is 0 Å². The largest absolute Gasteiger partial charge is 0.299 e. The molecule has 0 bridgehead atoms. The second kappa shape index (κ2) is 5.06. The highest BCUT2D eigenvalue weighted by Gasteiger charge is 2.40. The SMILES string of the molecule is CC(C)C1c2c(ccc(F)c2Cl)C[C@H]1N1CCCC1. The lowest BCUT2D eigenvalue weighted by atomic mass is 9.86. The van der Waals surface area contributed by atoms with Gasteiger partial charge in [0.15, 0.2) is 0 Å². The first-order chi connectivity index (χ1) is 9.09. The lowest BCUT2D eigenvalue weighted by Gasteiger charge is -2.32. The molecule has 19 heavy (non-hydrogen) atoms. The zero-order valence-corrected chi connectivity index (χ0v) is 12.4. The van der Waals surface area contributed by atoms with Crippen molar-refractivity contribution in [2.45, 2.75) is 45.1 Å². The number of halogens is 2. The van der Waals surface area contributed by atoms with Gasteiger partial charge in [-0.05, 0) is 55.5 Å². The van der Waals surface area contributed by atoms with E-state index in [2.05, 4.69) is 18.7 Å². The Morgan fingerprint density at radius 2 is 1.95 bits per heavy atom. The van der Waals surface area contributed by atoms with Crippen molar-refractivity contribution in [1.82, 2.24) is 4.90 Å². The van der Waals surface area contributed by atoms with Gasteiger partial charge in [0.25, 0.3) is 0 Å². The Balaban J connectivity index is 2.01. The van der Waals surface area contributed by atoms with Crippen molar-refractivity contribution in [1.29, 1.82) is 0 Å². The van der Waals surface area contributed by atoms with Crippen LogP contribution in [-0.4, -0.2) is 24.0 Å². The molecule has 1 nitrogen and oxygen atoms in total. The Morgan fingerprint density at radius 1 is 1.26 bits per heavy atom. The summed E-state index contributed by atoms with van der Waals surface area (Å²) in [5.41, 5.74) is 2.33. The normalized spacial score (nSPS) is 27.2. The summed E-state index contributed by atoms with van der Waals surface area (Å²) in [6, 6.07) is 3.96. The standard InChI is InChI=1S/C16H21ClFN/c1-10(2)14-13(19-7-3-4-8-19)9-11-5-6-12(18)16(17)15(11)14/h5-6,10,13-14H,3-4,7-9H2,1-2H3/t13-,14?/m1/s1. The molecule has 1 aliphatic heterocycles. The molecular weight excluding hydrogens is 261 g/mol. The van der Waals surface area contributed by atoms with Gasteiger partial charge in [-0.25, -0.2) is 4.39 Å². The van der Waals surface area contributed by atoms with Crippen LogP contribution < -0.4 is 0 Å². The molecule has 1 aliphatic carbocycles. The van der Waals surface area contributed by atoms with Crippen LogP contribution in [-0.2, 0) is 6.42 Å². The van der Waals surface area contributed by atoms with Gasteiger partial charge in [-0.3, -0.25) is 4.90 Å². The van der Waals surface area contributed by atoms with Crippen LogP contribution in [0, 0.1) is 11.7 Å². The molecule has 1 fully saturated rings. The number of benzene rings is 1. The van der Waals surface area contributed by atoms with Crippen molar-refractivity contribution in [3.8, 4) is 0 Å². The van der Waals surface area contributed by atoms with Crippen LogP contribution >= 0.6 is 11.6 Å². The average molecular weight is 282 g/mol. The molecular formula is C16H21ClFN. The van der Waals surface area contributed by atoms with Crippen LogP contribution in [0.25, 0.3) is 0 Å². The molecule has 104 valence electrons. The predicted octanol–water partition coefficient (Wildman–Crippen LogP) is 4.24. The van der Waals surface area contributed by atoms with Crippen molar-refractivity contribution in [2.75, 3.05) is 13.1 Å². The van der Waals surface area contributed by atoms with Crippen molar-refractivity contribution in [3.05, 3.63) is 34.1 Å². The van der Waals surface area contributed by atoms with Crippen LogP contribution in [0.1, 0.15) is 43.7 Å². The number of hydrogen-bond acceptors (Lipinski definition) is 1. The minimum Gasteiger partial charge on any atom is -0.299 e. The van der Waals surface area contributed by atoms with Gasteiger partial charge in [-0.2, -0.15) is 0 Å². The lowest BCUT2D eigenvalue weighted by Crippen LogP contribution is -2.37. The number of nitrogens with zero attached hydrogens (tertiary/aromatic N) is 1. The van der Waals surface area contributed by atoms with E-state index >= 15 is 0 Å². The fraction of sp³-hybridized carbons (Fsp3) is 0.625. The Labute approximate surface area is 119 Å². The third kappa shape index (κ3) is 2.19. The molecule has 2 atom stereocenters. The molecule has 1 unspecified atom stereocenters. The minimum absolute atomic E-state index is 0.270.